The van der Waals surface area contributed by atoms with Crippen LogP contribution in [0.4, 0.5) is 0 Å². The number of nitrogens with one attached hydrogen (secondary N) is 1. The van der Waals surface area contributed by atoms with Crippen LogP contribution in [0, 0.1) is 6.92 Å². The molecule has 0 aliphatic rings. The van der Waals surface area contributed by atoms with E-state index in [2.05, 4.69) is 45.1 Å². The van der Waals surface area contributed by atoms with Gasteiger partial charge < -0.3 is 10.1 Å². The Labute approximate surface area is 148 Å². The lowest BCUT2D eigenvalue weighted by molar-refractivity contribution is -0.119. The Morgan fingerprint density at radius 1 is 1.17 bits per heavy atom. The van der Waals surface area contributed by atoms with Crippen molar-refractivity contribution in [1.82, 2.24) is 5.32 Å². The summed E-state index contributed by atoms with van der Waals surface area (Å²) in [6.45, 7) is 9.58. The zero-order valence-corrected chi connectivity index (χ0v) is 16.2. The van der Waals surface area contributed by atoms with E-state index in [0.717, 1.165) is 44.4 Å². The highest BCUT2D eigenvalue weighted by Crippen LogP contribution is 2.28. The molecular formula is C21H35NO2. The summed E-state index contributed by atoms with van der Waals surface area (Å²) in [7, 11) is 1.73. The SMILES string of the molecule is CCCCCC(=O)CCCNC(C)c1ccc(OC)c(CC)c1C. The van der Waals surface area contributed by atoms with Gasteiger partial charge in [-0.1, -0.05) is 32.8 Å². The third-order valence-corrected chi connectivity index (χ3v) is 4.78. The van der Waals surface area contributed by atoms with Crippen LogP contribution in [-0.4, -0.2) is 19.4 Å². The molecular weight excluding hydrogens is 298 g/mol. The molecule has 1 aromatic rings. The number of carbonyl (C=O) groups is 1. The first kappa shape index (κ1) is 20.7. The van der Waals surface area contributed by atoms with Crippen molar-refractivity contribution in [1.29, 1.82) is 0 Å². The van der Waals surface area contributed by atoms with Gasteiger partial charge in [0.15, 0.2) is 0 Å². The van der Waals surface area contributed by atoms with Crippen LogP contribution < -0.4 is 10.1 Å². The van der Waals surface area contributed by atoms with E-state index in [1.165, 1.54) is 23.1 Å². The first-order valence-corrected chi connectivity index (χ1v) is 9.46. The molecule has 1 aromatic carbocycles. The number of hydrogen-bond donors (Lipinski definition) is 1. The predicted molar refractivity (Wildman–Crippen MR) is 102 cm³/mol. The molecule has 3 heteroatoms. The maximum atomic E-state index is 11.8. The van der Waals surface area contributed by atoms with E-state index in [-0.39, 0.29) is 6.04 Å². The first-order chi connectivity index (χ1) is 11.5. The summed E-state index contributed by atoms with van der Waals surface area (Å²) in [5, 5.41) is 3.56. The Balaban J connectivity index is 2.46. The van der Waals surface area contributed by atoms with Crippen molar-refractivity contribution in [2.45, 2.75) is 78.7 Å². The summed E-state index contributed by atoms with van der Waals surface area (Å²) in [6.07, 6.45) is 6.73. The average molecular weight is 334 g/mol. The minimum atomic E-state index is 0.288. The largest absolute Gasteiger partial charge is 0.496 e. The fraction of sp³-hybridized carbons (Fsp3) is 0.667. The lowest BCUT2D eigenvalue weighted by Crippen LogP contribution is -2.21. The van der Waals surface area contributed by atoms with Gasteiger partial charge in [0.05, 0.1) is 7.11 Å². The smallest absolute Gasteiger partial charge is 0.132 e. The molecule has 0 aromatic heterocycles. The number of ether oxygens (including phenoxy) is 1. The number of carbonyl (C=O) groups excluding carboxylic acids is 1. The van der Waals surface area contributed by atoms with Gasteiger partial charge >= 0.3 is 0 Å². The molecule has 0 saturated heterocycles. The highest BCUT2D eigenvalue weighted by atomic mass is 16.5. The standard InChI is InChI=1S/C21H35NO2/c1-6-8-9-11-18(23)12-10-15-22-17(4)20-13-14-21(24-5)19(7-2)16(20)3/h13-14,17,22H,6-12,15H2,1-5H3. The van der Waals surface area contributed by atoms with Crippen LogP contribution >= 0.6 is 0 Å². The van der Waals surface area contributed by atoms with Crippen molar-refractivity contribution in [3.63, 3.8) is 0 Å². The van der Waals surface area contributed by atoms with Gasteiger partial charge in [-0.3, -0.25) is 4.79 Å². The lowest BCUT2D eigenvalue weighted by atomic mass is 9.95. The number of benzene rings is 1. The third-order valence-electron chi connectivity index (χ3n) is 4.78. The highest BCUT2D eigenvalue weighted by Gasteiger charge is 2.13. The topological polar surface area (TPSA) is 38.3 Å². The molecule has 1 N–H and O–H groups in total. The third kappa shape index (κ3) is 6.27. The molecule has 0 bridgehead atoms. The number of methoxy groups -OCH3 is 1. The first-order valence-electron chi connectivity index (χ1n) is 9.46. The normalized spacial score (nSPS) is 12.2. The number of ketones is 1. The molecule has 0 radical (unpaired) electrons. The summed E-state index contributed by atoms with van der Waals surface area (Å²) in [4.78, 5) is 11.8. The van der Waals surface area contributed by atoms with Crippen LogP contribution in [0.15, 0.2) is 12.1 Å². The molecule has 136 valence electrons. The molecule has 0 aliphatic heterocycles. The molecule has 3 nitrogen and oxygen atoms in total. The van der Waals surface area contributed by atoms with Crippen LogP contribution in [0.1, 0.15) is 82.0 Å². The van der Waals surface area contributed by atoms with Crippen molar-refractivity contribution in [3.05, 3.63) is 28.8 Å². The fourth-order valence-electron chi connectivity index (χ4n) is 3.26. The van der Waals surface area contributed by atoms with E-state index < -0.39 is 0 Å². The van der Waals surface area contributed by atoms with Gasteiger partial charge in [0.1, 0.15) is 11.5 Å². The van der Waals surface area contributed by atoms with Gasteiger partial charge in [-0.15, -0.1) is 0 Å². The Morgan fingerprint density at radius 2 is 1.88 bits per heavy atom. The van der Waals surface area contributed by atoms with E-state index in [4.69, 9.17) is 4.74 Å². The van der Waals surface area contributed by atoms with Gasteiger partial charge in [-0.25, -0.2) is 0 Å². The number of rotatable bonds is 12. The molecule has 0 spiro atoms. The van der Waals surface area contributed by atoms with Crippen molar-refractivity contribution >= 4 is 5.78 Å². The van der Waals surface area contributed by atoms with Crippen molar-refractivity contribution in [2.24, 2.45) is 0 Å². The molecule has 1 atom stereocenters. The maximum Gasteiger partial charge on any atom is 0.132 e. The zero-order chi connectivity index (χ0) is 17.9. The Hall–Kier alpha value is -1.35. The molecule has 1 rings (SSSR count). The van der Waals surface area contributed by atoms with E-state index in [1.54, 1.807) is 7.11 Å². The second-order valence-corrected chi connectivity index (χ2v) is 6.59. The van der Waals surface area contributed by atoms with E-state index in [9.17, 15) is 4.79 Å². The second kappa shape index (κ2) is 11.2. The summed E-state index contributed by atoms with van der Waals surface area (Å²) < 4.78 is 5.46. The number of unbranched alkanes of at least 4 members (excludes halogenated alkanes) is 2. The summed E-state index contributed by atoms with van der Waals surface area (Å²) in [5.41, 5.74) is 3.92. The van der Waals surface area contributed by atoms with E-state index in [1.807, 2.05) is 0 Å². The molecule has 0 fully saturated rings. The minimum absolute atomic E-state index is 0.288. The van der Waals surface area contributed by atoms with Gasteiger partial charge in [-0.2, -0.15) is 0 Å². The van der Waals surface area contributed by atoms with Gasteiger partial charge in [0.2, 0.25) is 0 Å². The van der Waals surface area contributed by atoms with E-state index >= 15 is 0 Å². The Kier molecular flexibility index (Phi) is 9.70. The molecule has 0 saturated carbocycles. The monoisotopic (exact) mass is 333 g/mol. The predicted octanol–water partition coefficient (Wildman–Crippen LogP) is 5.15. The van der Waals surface area contributed by atoms with Crippen LogP contribution in [0.3, 0.4) is 0 Å². The maximum absolute atomic E-state index is 11.8. The summed E-state index contributed by atoms with van der Waals surface area (Å²) in [5.74, 6) is 1.38. The number of hydrogen-bond acceptors (Lipinski definition) is 3. The van der Waals surface area contributed by atoms with Gasteiger partial charge in [0, 0.05) is 18.9 Å². The molecule has 1 unspecified atom stereocenters. The molecule has 0 amide bonds. The second-order valence-electron chi connectivity index (χ2n) is 6.59. The van der Waals surface area contributed by atoms with Gasteiger partial charge in [0.25, 0.3) is 0 Å². The summed E-state index contributed by atoms with van der Waals surface area (Å²) >= 11 is 0. The number of Topliss-reactive ketones (excluding diaryl/α,β-unsaturated/α-hetero) is 1. The summed E-state index contributed by atoms with van der Waals surface area (Å²) in [6, 6.07) is 4.51. The average Bonchev–Trinajstić information content (AvgIpc) is 2.58. The van der Waals surface area contributed by atoms with Crippen LogP contribution in [0.25, 0.3) is 0 Å². The molecule has 0 heterocycles. The van der Waals surface area contributed by atoms with Crippen molar-refractivity contribution in [2.75, 3.05) is 13.7 Å². The Morgan fingerprint density at radius 3 is 2.50 bits per heavy atom. The molecule has 24 heavy (non-hydrogen) atoms. The van der Waals surface area contributed by atoms with Crippen LogP contribution in [-0.2, 0) is 11.2 Å². The zero-order valence-electron chi connectivity index (χ0n) is 16.2. The van der Waals surface area contributed by atoms with Crippen molar-refractivity contribution < 1.29 is 9.53 Å². The quantitative estimate of drug-likeness (QED) is 0.538. The lowest BCUT2D eigenvalue weighted by Gasteiger charge is -2.20. The van der Waals surface area contributed by atoms with Crippen molar-refractivity contribution in [3.8, 4) is 5.75 Å². The Bertz CT molecular complexity index is 511. The molecule has 0 aliphatic carbocycles. The highest BCUT2D eigenvalue weighted by molar-refractivity contribution is 5.78. The fourth-order valence-corrected chi connectivity index (χ4v) is 3.26. The van der Waals surface area contributed by atoms with Gasteiger partial charge in [-0.05, 0) is 62.4 Å². The van der Waals surface area contributed by atoms with Crippen LogP contribution in [0.2, 0.25) is 0 Å². The van der Waals surface area contributed by atoms with E-state index in [0.29, 0.717) is 12.2 Å². The minimum Gasteiger partial charge on any atom is -0.496 e. The van der Waals surface area contributed by atoms with Crippen LogP contribution in [0.5, 0.6) is 5.75 Å².